The molecule has 3 aromatic carbocycles. The van der Waals surface area contributed by atoms with Crippen molar-refractivity contribution in [3.63, 3.8) is 0 Å². The van der Waals surface area contributed by atoms with Crippen molar-refractivity contribution in [1.29, 1.82) is 0 Å². The van der Waals surface area contributed by atoms with Gasteiger partial charge in [0, 0.05) is 11.3 Å². The maximum atomic E-state index is 13.1. The molecule has 1 saturated heterocycles. The molecule has 0 saturated carbocycles. The van der Waals surface area contributed by atoms with Crippen LogP contribution in [-0.2, 0) is 9.59 Å². The molecule has 1 aliphatic rings. The van der Waals surface area contributed by atoms with Gasteiger partial charge in [-0.3, -0.25) is 14.5 Å². The van der Waals surface area contributed by atoms with E-state index in [-0.39, 0.29) is 22.1 Å². The van der Waals surface area contributed by atoms with E-state index in [2.05, 4.69) is 0 Å². The largest absolute Gasteiger partial charge is 0.507 e. The first-order chi connectivity index (χ1) is 14.9. The van der Waals surface area contributed by atoms with Crippen molar-refractivity contribution in [2.24, 2.45) is 0 Å². The molecule has 156 valence electrons. The fourth-order valence-corrected chi connectivity index (χ4v) is 3.81. The number of aliphatic hydroxyl groups excluding tert-OH is 1. The molecule has 6 nitrogen and oxygen atoms in total. The average Bonchev–Trinajstić information content (AvgIpc) is 3.06. The lowest BCUT2D eigenvalue weighted by Gasteiger charge is -2.25. The third-order valence-electron chi connectivity index (χ3n) is 5.11. The molecular weight excluding hydrogens is 418 g/mol. The van der Waals surface area contributed by atoms with Crippen LogP contribution in [-0.4, -0.2) is 29.0 Å². The van der Waals surface area contributed by atoms with Crippen molar-refractivity contribution in [2.45, 2.75) is 6.04 Å². The van der Waals surface area contributed by atoms with Crippen LogP contribution in [0.3, 0.4) is 0 Å². The number of ketones is 1. The number of Topliss-reactive ketones (excluding diaryl/α,β-unsaturated/α-hetero) is 1. The van der Waals surface area contributed by atoms with Gasteiger partial charge in [-0.2, -0.15) is 0 Å². The van der Waals surface area contributed by atoms with E-state index in [1.165, 1.54) is 24.1 Å². The number of hydrogen-bond donors (Lipinski definition) is 2. The van der Waals surface area contributed by atoms with Crippen LogP contribution >= 0.6 is 11.6 Å². The number of benzene rings is 3. The molecule has 1 heterocycles. The molecule has 0 radical (unpaired) electrons. The van der Waals surface area contributed by atoms with Crippen LogP contribution < -0.4 is 9.64 Å². The summed E-state index contributed by atoms with van der Waals surface area (Å²) in [4.78, 5) is 27.4. The Kier molecular flexibility index (Phi) is 5.40. The zero-order chi connectivity index (χ0) is 22.1. The van der Waals surface area contributed by atoms with E-state index in [0.717, 1.165) is 0 Å². The number of hydrogen-bond acceptors (Lipinski definition) is 5. The van der Waals surface area contributed by atoms with Crippen molar-refractivity contribution in [3.8, 4) is 11.5 Å². The van der Waals surface area contributed by atoms with E-state index in [9.17, 15) is 19.8 Å². The van der Waals surface area contributed by atoms with Gasteiger partial charge in [-0.1, -0.05) is 48.0 Å². The first-order valence-electron chi connectivity index (χ1n) is 9.41. The van der Waals surface area contributed by atoms with Crippen LogP contribution in [0, 0.1) is 0 Å². The maximum Gasteiger partial charge on any atom is 0.300 e. The van der Waals surface area contributed by atoms with Gasteiger partial charge in [0.1, 0.15) is 17.3 Å². The maximum absolute atomic E-state index is 13.1. The van der Waals surface area contributed by atoms with E-state index in [4.69, 9.17) is 16.3 Å². The molecule has 4 rings (SSSR count). The summed E-state index contributed by atoms with van der Waals surface area (Å²) in [6, 6.07) is 18.7. The number of rotatable bonds is 4. The van der Waals surface area contributed by atoms with Crippen molar-refractivity contribution in [3.05, 3.63) is 94.5 Å². The van der Waals surface area contributed by atoms with Crippen LogP contribution in [0.4, 0.5) is 5.69 Å². The first kappa shape index (κ1) is 20.5. The Balaban J connectivity index is 1.96. The lowest BCUT2D eigenvalue weighted by Crippen LogP contribution is -2.29. The number of para-hydroxylation sites is 1. The van der Waals surface area contributed by atoms with Gasteiger partial charge < -0.3 is 14.9 Å². The van der Waals surface area contributed by atoms with Crippen LogP contribution in [0.5, 0.6) is 11.5 Å². The molecule has 1 fully saturated rings. The normalized spacial score (nSPS) is 17.7. The van der Waals surface area contributed by atoms with Crippen molar-refractivity contribution in [1.82, 2.24) is 0 Å². The van der Waals surface area contributed by atoms with Gasteiger partial charge in [0.25, 0.3) is 11.7 Å². The Morgan fingerprint density at radius 2 is 1.74 bits per heavy atom. The number of ether oxygens (including phenoxy) is 1. The van der Waals surface area contributed by atoms with Gasteiger partial charge in [-0.25, -0.2) is 0 Å². The summed E-state index contributed by atoms with van der Waals surface area (Å²) < 4.78 is 5.21. The van der Waals surface area contributed by atoms with Gasteiger partial charge in [-0.05, 0) is 42.0 Å². The summed E-state index contributed by atoms with van der Waals surface area (Å²) in [5.74, 6) is -1.56. The Morgan fingerprint density at radius 1 is 1.00 bits per heavy atom. The Labute approximate surface area is 183 Å². The molecule has 1 atom stereocenters. The minimum atomic E-state index is -0.938. The summed E-state index contributed by atoms with van der Waals surface area (Å²) in [6.45, 7) is 0. The van der Waals surface area contributed by atoms with E-state index in [1.807, 2.05) is 0 Å². The predicted octanol–water partition coefficient (Wildman–Crippen LogP) is 4.68. The van der Waals surface area contributed by atoms with Crippen LogP contribution in [0.25, 0.3) is 5.76 Å². The number of carbonyl (C=O) groups is 2. The Morgan fingerprint density at radius 3 is 2.42 bits per heavy atom. The van der Waals surface area contributed by atoms with E-state index in [1.54, 1.807) is 60.7 Å². The van der Waals surface area contributed by atoms with Crippen molar-refractivity contribution in [2.75, 3.05) is 12.0 Å². The quantitative estimate of drug-likeness (QED) is 0.353. The predicted molar refractivity (Wildman–Crippen MR) is 117 cm³/mol. The van der Waals surface area contributed by atoms with E-state index in [0.29, 0.717) is 22.6 Å². The van der Waals surface area contributed by atoms with Crippen LogP contribution in [0.15, 0.2) is 78.4 Å². The van der Waals surface area contributed by atoms with Gasteiger partial charge in [-0.15, -0.1) is 0 Å². The zero-order valence-corrected chi connectivity index (χ0v) is 17.2. The molecule has 3 aromatic rings. The number of amides is 1. The first-order valence-corrected chi connectivity index (χ1v) is 9.79. The molecular formula is C24H18ClNO5. The molecule has 0 aromatic heterocycles. The van der Waals surface area contributed by atoms with E-state index < -0.39 is 17.7 Å². The molecule has 0 spiro atoms. The minimum absolute atomic E-state index is 0.0672. The molecule has 0 aliphatic carbocycles. The summed E-state index contributed by atoms with van der Waals surface area (Å²) in [6.07, 6.45) is 0. The second-order valence-electron chi connectivity index (χ2n) is 6.95. The topological polar surface area (TPSA) is 87.1 Å². The molecule has 0 bridgehead atoms. The number of carbonyl (C=O) groups excluding carboxylic acids is 2. The smallest absolute Gasteiger partial charge is 0.300 e. The average molecular weight is 436 g/mol. The lowest BCUT2D eigenvalue weighted by atomic mass is 9.95. The minimum Gasteiger partial charge on any atom is -0.507 e. The molecule has 1 amide bonds. The number of phenolic OH excluding ortho intramolecular Hbond substituents is 1. The van der Waals surface area contributed by atoms with Gasteiger partial charge in [0.2, 0.25) is 0 Å². The summed E-state index contributed by atoms with van der Waals surface area (Å²) in [5, 5.41) is 21.0. The number of aromatic hydroxyl groups is 1. The third kappa shape index (κ3) is 3.62. The Bertz CT molecular complexity index is 1210. The highest BCUT2D eigenvalue weighted by molar-refractivity contribution is 6.51. The highest BCUT2D eigenvalue weighted by Crippen LogP contribution is 2.43. The number of anilines is 1. The fraction of sp³-hybridized carbons (Fsp3) is 0.0833. The highest BCUT2D eigenvalue weighted by atomic mass is 35.5. The monoisotopic (exact) mass is 435 g/mol. The number of halogens is 1. The molecule has 1 unspecified atom stereocenters. The zero-order valence-electron chi connectivity index (χ0n) is 16.4. The summed E-state index contributed by atoms with van der Waals surface area (Å²) >= 11 is 6.11. The Hall–Kier alpha value is -3.77. The summed E-state index contributed by atoms with van der Waals surface area (Å²) in [5.41, 5.74) is 1.21. The molecule has 31 heavy (non-hydrogen) atoms. The number of methoxy groups -OCH3 is 1. The van der Waals surface area contributed by atoms with Gasteiger partial charge in [0.15, 0.2) is 0 Å². The lowest BCUT2D eigenvalue weighted by molar-refractivity contribution is -0.132. The third-order valence-corrected chi connectivity index (χ3v) is 5.41. The second kappa shape index (κ2) is 8.16. The van der Waals surface area contributed by atoms with Crippen LogP contribution in [0.2, 0.25) is 5.02 Å². The van der Waals surface area contributed by atoms with E-state index >= 15 is 0 Å². The highest BCUT2D eigenvalue weighted by Gasteiger charge is 2.47. The number of aliphatic hydroxyl groups is 1. The molecule has 2 N–H and O–H groups in total. The molecule has 1 aliphatic heterocycles. The fourth-order valence-electron chi connectivity index (χ4n) is 3.62. The summed E-state index contributed by atoms with van der Waals surface area (Å²) in [7, 11) is 1.49. The standard InChI is InChI=1S/C24H18ClNO5/c1-31-17-9-5-6-15(12-17)22(28)20-21(14-10-11-19(27)18(25)13-14)26(24(30)23(20)29)16-7-3-2-4-8-16/h2-13,21,27-28H,1H3/b22-20-. The number of phenols is 1. The van der Waals surface area contributed by atoms with Gasteiger partial charge in [0.05, 0.1) is 23.7 Å². The SMILES string of the molecule is COc1cccc(/C(O)=C2/C(=O)C(=O)N(c3ccccc3)C2c2ccc(O)c(Cl)c2)c1. The molecule has 7 heteroatoms. The van der Waals surface area contributed by atoms with Crippen molar-refractivity contribution < 1.29 is 24.5 Å². The van der Waals surface area contributed by atoms with Gasteiger partial charge >= 0.3 is 0 Å². The van der Waals surface area contributed by atoms with Crippen molar-refractivity contribution >= 4 is 34.7 Å². The number of nitrogens with zero attached hydrogens (tertiary/aromatic N) is 1. The van der Waals surface area contributed by atoms with Crippen LogP contribution in [0.1, 0.15) is 17.2 Å². The second-order valence-corrected chi connectivity index (χ2v) is 7.35.